The Balaban J connectivity index is 1.94. The predicted octanol–water partition coefficient (Wildman–Crippen LogP) is 3.19. The van der Waals surface area contributed by atoms with Crippen molar-refractivity contribution in [2.24, 2.45) is 0 Å². The number of cyclic esters (lactones) is 1. The lowest BCUT2D eigenvalue weighted by atomic mass is 10.1. The SMILES string of the molecule is COc1ccc(C2=C/C(=C\c3ccc([N+](=O)[O-])o3)C(=O)O2)c(OC)c1. The highest BCUT2D eigenvalue weighted by Crippen LogP contribution is 2.35. The first-order valence-electron chi connectivity index (χ1n) is 7.14. The number of esters is 1. The van der Waals surface area contributed by atoms with Gasteiger partial charge in [-0.15, -0.1) is 0 Å². The quantitative estimate of drug-likeness (QED) is 0.355. The number of carbonyl (C=O) groups is 1. The maximum atomic E-state index is 12.0. The fraction of sp³-hybridized carbons (Fsp3) is 0.118. The Hall–Kier alpha value is -3.55. The van der Waals surface area contributed by atoms with Crippen molar-refractivity contribution < 1.29 is 28.3 Å². The number of carbonyl (C=O) groups excluding carboxylic acids is 1. The second-order valence-electron chi connectivity index (χ2n) is 5.00. The fourth-order valence-electron chi connectivity index (χ4n) is 2.29. The fourth-order valence-corrected chi connectivity index (χ4v) is 2.29. The van der Waals surface area contributed by atoms with Crippen molar-refractivity contribution in [3.8, 4) is 11.5 Å². The highest BCUT2D eigenvalue weighted by Gasteiger charge is 2.25. The summed E-state index contributed by atoms with van der Waals surface area (Å²) in [5.41, 5.74) is 0.780. The largest absolute Gasteiger partial charge is 0.497 e. The highest BCUT2D eigenvalue weighted by atomic mass is 16.6. The molecule has 2 aromatic rings. The summed E-state index contributed by atoms with van der Waals surface area (Å²) < 4.78 is 20.7. The molecule has 0 aliphatic carbocycles. The molecule has 0 atom stereocenters. The van der Waals surface area contributed by atoms with Crippen LogP contribution >= 0.6 is 0 Å². The van der Waals surface area contributed by atoms with Crippen LogP contribution in [0.25, 0.3) is 11.8 Å². The van der Waals surface area contributed by atoms with Gasteiger partial charge in [-0.05, 0) is 30.4 Å². The molecule has 1 aromatic carbocycles. The lowest BCUT2D eigenvalue weighted by Crippen LogP contribution is -1.98. The molecule has 0 saturated heterocycles. The molecule has 0 unspecified atom stereocenters. The molecule has 8 heteroatoms. The topological polar surface area (TPSA) is 101 Å². The van der Waals surface area contributed by atoms with E-state index >= 15 is 0 Å². The zero-order valence-corrected chi connectivity index (χ0v) is 13.3. The normalized spacial score (nSPS) is 15.0. The standard InChI is InChI=1S/C17H13NO7/c1-22-11-3-5-13(14(9-11)23-2)15-8-10(17(19)25-15)7-12-4-6-16(24-12)18(20)21/h3-9H,1-2H3/b10-7+. The number of hydrogen-bond donors (Lipinski definition) is 0. The van der Waals surface area contributed by atoms with Crippen LogP contribution in [0.1, 0.15) is 11.3 Å². The molecule has 2 heterocycles. The minimum Gasteiger partial charge on any atom is -0.497 e. The number of rotatable bonds is 5. The van der Waals surface area contributed by atoms with E-state index in [0.717, 1.165) is 0 Å². The Morgan fingerprint density at radius 1 is 1.16 bits per heavy atom. The van der Waals surface area contributed by atoms with Crippen LogP contribution in [0.15, 0.2) is 46.4 Å². The summed E-state index contributed by atoms with van der Waals surface area (Å²) in [6, 6.07) is 7.70. The van der Waals surface area contributed by atoms with Gasteiger partial charge in [0.15, 0.2) is 0 Å². The van der Waals surface area contributed by atoms with Gasteiger partial charge in [0.2, 0.25) is 0 Å². The number of furan rings is 1. The third kappa shape index (κ3) is 3.23. The van der Waals surface area contributed by atoms with E-state index in [0.29, 0.717) is 22.8 Å². The van der Waals surface area contributed by atoms with Crippen LogP contribution in [-0.4, -0.2) is 25.1 Å². The van der Waals surface area contributed by atoms with Crippen LogP contribution in [0.4, 0.5) is 5.88 Å². The number of nitro groups is 1. The molecule has 0 radical (unpaired) electrons. The van der Waals surface area contributed by atoms with E-state index in [2.05, 4.69) is 0 Å². The number of nitrogens with zero attached hydrogens (tertiary/aromatic N) is 1. The molecule has 0 N–H and O–H groups in total. The second kappa shape index (κ2) is 6.52. The average Bonchev–Trinajstić information content (AvgIpc) is 3.22. The van der Waals surface area contributed by atoms with E-state index in [-0.39, 0.29) is 11.3 Å². The predicted molar refractivity (Wildman–Crippen MR) is 87.0 cm³/mol. The number of ether oxygens (including phenoxy) is 3. The summed E-state index contributed by atoms with van der Waals surface area (Å²) in [4.78, 5) is 22.0. The van der Waals surface area contributed by atoms with Crippen molar-refractivity contribution in [3.05, 3.63) is 63.4 Å². The lowest BCUT2D eigenvalue weighted by molar-refractivity contribution is -0.402. The molecule has 25 heavy (non-hydrogen) atoms. The van der Waals surface area contributed by atoms with E-state index in [1.54, 1.807) is 18.2 Å². The van der Waals surface area contributed by atoms with Gasteiger partial charge in [0.25, 0.3) is 0 Å². The minimum atomic E-state index is -0.654. The smallest absolute Gasteiger partial charge is 0.433 e. The van der Waals surface area contributed by atoms with Crippen LogP contribution in [0.2, 0.25) is 0 Å². The van der Waals surface area contributed by atoms with E-state index in [1.807, 2.05) is 0 Å². The number of benzene rings is 1. The first-order valence-corrected chi connectivity index (χ1v) is 7.14. The van der Waals surface area contributed by atoms with Gasteiger partial charge in [-0.2, -0.15) is 0 Å². The molecule has 0 saturated carbocycles. The van der Waals surface area contributed by atoms with Crippen molar-refractivity contribution >= 4 is 23.7 Å². The molecule has 1 aliphatic rings. The van der Waals surface area contributed by atoms with Gasteiger partial charge >= 0.3 is 11.9 Å². The van der Waals surface area contributed by atoms with E-state index in [1.165, 1.54) is 38.5 Å². The van der Waals surface area contributed by atoms with Crippen molar-refractivity contribution in [2.75, 3.05) is 14.2 Å². The maximum absolute atomic E-state index is 12.0. The monoisotopic (exact) mass is 343 g/mol. The highest BCUT2D eigenvalue weighted by molar-refractivity contribution is 6.05. The zero-order valence-electron chi connectivity index (χ0n) is 13.3. The Bertz CT molecular complexity index is 907. The molecule has 0 bridgehead atoms. The zero-order chi connectivity index (χ0) is 18.0. The summed E-state index contributed by atoms with van der Waals surface area (Å²) in [5.74, 6) is 0.568. The Morgan fingerprint density at radius 3 is 2.60 bits per heavy atom. The summed E-state index contributed by atoms with van der Waals surface area (Å²) in [6.07, 6.45) is 2.89. The van der Waals surface area contributed by atoms with Gasteiger partial charge < -0.3 is 18.6 Å². The first-order chi connectivity index (χ1) is 12.0. The summed E-state index contributed by atoms with van der Waals surface area (Å²) in [5, 5.41) is 10.6. The molecule has 1 aromatic heterocycles. The second-order valence-corrected chi connectivity index (χ2v) is 5.00. The van der Waals surface area contributed by atoms with Gasteiger partial charge in [-0.25, -0.2) is 4.79 Å². The van der Waals surface area contributed by atoms with E-state index in [9.17, 15) is 14.9 Å². The molecule has 0 spiro atoms. The molecule has 128 valence electrons. The Labute approximate surface area is 142 Å². The average molecular weight is 343 g/mol. The molecule has 1 aliphatic heterocycles. The van der Waals surface area contributed by atoms with Crippen LogP contribution in [0.5, 0.6) is 11.5 Å². The van der Waals surface area contributed by atoms with Gasteiger partial charge in [0.05, 0.1) is 31.4 Å². The maximum Gasteiger partial charge on any atom is 0.433 e. The van der Waals surface area contributed by atoms with Gasteiger partial charge in [-0.1, -0.05) is 0 Å². The summed E-state index contributed by atoms with van der Waals surface area (Å²) >= 11 is 0. The van der Waals surface area contributed by atoms with Gasteiger partial charge in [-0.3, -0.25) is 10.1 Å². The van der Waals surface area contributed by atoms with Crippen molar-refractivity contribution in [3.63, 3.8) is 0 Å². The molecular weight excluding hydrogens is 330 g/mol. The first kappa shape index (κ1) is 16.3. The number of hydrogen-bond acceptors (Lipinski definition) is 7. The van der Waals surface area contributed by atoms with Crippen LogP contribution in [0.3, 0.4) is 0 Å². The van der Waals surface area contributed by atoms with Crippen molar-refractivity contribution in [1.82, 2.24) is 0 Å². The van der Waals surface area contributed by atoms with Crippen LogP contribution in [-0.2, 0) is 9.53 Å². The Morgan fingerprint density at radius 2 is 1.96 bits per heavy atom. The van der Waals surface area contributed by atoms with Crippen molar-refractivity contribution in [1.29, 1.82) is 0 Å². The summed E-state index contributed by atoms with van der Waals surface area (Å²) in [7, 11) is 3.03. The van der Waals surface area contributed by atoms with Crippen LogP contribution in [0, 0.1) is 10.1 Å². The third-order valence-corrected chi connectivity index (χ3v) is 3.49. The molecule has 0 fully saturated rings. The molecule has 0 amide bonds. The van der Waals surface area contributed by atoms with E-state index < -0.39 is 16.8 Å². The Kier molecular flexibility index (Phi) is 4.25. The van der Waals surface area contributed by atoms with Crippen molar-refractivity contribution in [2.45, 2.75) is 0 Å². The molecular formula is C17H13NO7. The third-order valence-electron chi connectivity index (χ3n) is 3.49. The van der Waals surface area contributed by atoms with Gasteiger partial charge in [0.1, 0.15) is 27.9 Å². The number of methoxy groups -OCH3 is 2. The lowest BCUT2D eigenvalue weighted by Gasteiger charge is -2.10. The van der Waals surface area contributed by atoms with Crippen LogP contribution < -0.4 is 9.47 Å². The minimum absolute atomic E-state index is 0.179. The van der Waals surface area contributed by atoms with Gasteiger partial charge in [0, 0.05) is 6.07 Å². The van der Waals surface area contributed by atoms with E-state index in [4.69, 9.17) is 18.6 Å². The summed E-state index contributed by atoms with van der Waals surface area (Å²) in [6.45, 7) is 0. The molecule has 3 rings (SSSR count). The molecule has 8 nitrogen and oxygen atoms in total.